The van der Waals surface area contributed by atoms with Crippen LogP contribution in [0.15, 0.2) is 6.20 Å². The monoisotopic (exact) mass is 211 g/mol. The molecule has 2 N–H and O–H groups in total. The first-order valence-electron chi connectivity index (χ1n) is 4.86. The lowest BCUT2D eigenvalue weighted by Crippen LogP contribution is -2.22. The highest BCUT2D eigenvalue weighted by Gasteiger charge is 2.37. The predicted octanol–water partition coefficient (Wildman–Crippen LogP) is 1.86. The van der Waals surface area contributed by atoms with Crippen LogP contribution in [0.2, 0.25) is 5.02 Å². The minimum Gasteiger partial charge on any atom is -0.325 e. The Bertz CT molecular complexity index is 347. The molecule has 1 aromatic rings. The number of nitrogens with zero attached hydrogens (tertiary/aromatic N) is 2. The number of aromatic nitrogens is 2. The molecule has 2 rings (SSSR count). The van der Waals surface area contributed by atoms with Gasteiger partial charge in [0, 0.05) is 11.7 Å². The van der Waals surface area contributed by atoms with E-state index in [0.717, 1.165) is 37.2 Å². The van der Waals surface area contributed by atoms with Gasteiger partial charge in [0.05, 0.1) is 10.7 Å². The normalized spacial score (nSPS) is 18.2. The van der Waals surface area contributed by atoms with E-state index in [0.29, 0.717) is 5.02 Å². The molecular formula is C10H14ClN3. The molecular weight excluding hydrogens is 198 g/mol. The number of aryl methyl sites for hydroxylation is 2. The number of rotatable bonds is 3. The highest BCUT2D eigenvalue weighted by atomic mass is 35.5. The Labute approximate surface area is 88.7 Å². The maximum Gasteiger partial charge on any atom is 0.125 e. The maximum absolute atomic E-state index is 6.00. The van der Waals surface area contributed by atoms with Crippen molar-refractivity contribution in [1.29, 1.82) is 0 Å². The van der Waals surface area contributed by atoms with Crippen LogP contribution in [-0.2, 0) is 6.42 Å². The zero-order valence-corrected chi connectivity index (χ0v) is 9.01. The molecule has 3 nitrogen and oxygen atoms in total. The van der Waals surface area contributed by atoms with Gasteiger partial charge in [-0.25, -0.2) is 9.97 Å². The Morgan fingerprint density at radius 1 is 1.57 bits per heavy atom. The van der Waals surface area contributed by atoms with E-state index in [-0.39, 0.29) is 5.54 Å². The van der Waals surface area contributed by atoms with Crippen molar-refractivity contribution in [2.45, 2.75) is 38.1 Å². The Balaban J connectivity index is 2.04. The summed E-state index contributed by atoms with van der Waals surface area (Å²) in [6, 6.07) is 0. The van der Waals surface area contributed by atoms with Crippen molar-refractivity contribution in [1.82, 2.24) is 9.97 Å². The summed E-state index contributed by atoms with van der Waals surface area (Å²) in [5.74, 6) is 0.770. The lowest BCUT2D eigenvalue weighted by molar-refractivity contribution is 0.602. The second-order valence-electron chi connectivity index (χ2n) is 4.07. The Hall–Kier alpha value is -0.670. The van der Waals surface area contributed by atoms with Crippen LogP contribution in [0.5, 0.6) is 0 Å². The number of halogens is 1. The van der Waals surface area contributed by atoms with Crippen molar-refractivity contribution >= 4 is 11.6 Å². The summed E-state index contributed by atoms with van der Waals surface area (Å²) in [7, 11) is 0. The second kappa shape index (κ2) is 3.48. The summed E-state index contributed by atoms with van der Waals surface area (Å²) < 4.78 is 0. The van der Waals surface area contributed by atoms with Gasteiger partial charge in [-0.3, -0.25) is 0 Å². The number of hydrogen-bond donors (Lipinski definition) is 1. The molecule has 14 heavy (non-hydrogen) atoms. The van der Waals surface area contributed by atoms with Gasteiger partial charge >= 0.3 is 0 Å². The van der Waals surface area contributed by atoms with Gasteiger partial charge in [0.15, 0.2) is 0 Å². The molecule has 4 heteroatoms. The van der Waals surface area contributed by atoms with Gasteiger partial charge in [-0.1, -0.05) is 11.6 Å². The van der Waals surface area contributed by atoms with E-state index in [1.165, 1.54) is 0 Å². The van der Waals surface area contributed by atoms with E-state index in [2.05, 4.69) is 9.97 Å². The van der Waals surface area contributed by atoms with Gasteiger partial charge in [-0.15, -0.1) is 0 Å². The molecule has 0 amide bonds. The van der Waals surface area contributed by atoms with Gasteiger partial charge in [0.2, 0.25) is 0 Å². The molecule has 0 atom stereocenters. The van der Waals surface area contributed by atoms with E-state index >= 15 is 0 Å². The van der Waals surface area contributed by atoms with Crippen LogP contribution in [0.1, 0.15) is 30.8 Å². The minimum absolute atomic E-state index is 0.0716. The molecule has 1 fully saturated rings. The fourth-order valence-electron chi connectivity index (χ4n) is 1.46. The van der Waals surface area contributed by atoms with E-state index in [1.807, 2.05) is 6.92 Å². The molecule has 0 radical (unpaired) electrons. The summed E-state index contributed by atoms with van der Waals surface area (Å²) in [6.45, 7) is 1.87. The molecule has 0 spiro atoms. The summed E-state index contributed by atoms with van der Waals surface area (Å²) in [5.41, 5.74) is 6.99. The lowest BCUT2D eigenvalue weighted by atomic mass is 10.1. The topological polar surface area (TPSA) is 51.8 Å². The van der Waals surface area contributed by atoms with Crippen LogP contribution < -0.4 is 5.73 Å². The molecule has 0 aliphatic heterocycles. The Kier molecular flexibility index (Phi) is 2.45. The quantitative estimate of drug-likeness (QED) is 0.831. The summed E-state index contributed by atoms with van der Waals surface area (Å²) >= 11 is 5.98. The van der Waals surface area contributed by atoms with E-state index in [9.17, 15) is 0 Å². The van der Waals surface area contributed by atoms with Crippen molar-refractivity contribution in [3.8, 4) is 0 Å². The van der Waals surface area contributed by atoms with Crippen molar-refractivity contribution in [3.63, 3.8) is 0 Å². The zero-order valence-electron chi connectivity index (χ0n) is 8.26. The first kappa shape index (κ1) is 9.87. The molecule has 1 aliphatic rings. The predicted molar refractivity (Wildman–Crippen MR) is 56.3 cm³/mol. The minimum atomic E-state index is 0.0716. The lowest BCUT2D eigenvalue weighted by Gasteiger charge is -2.08. The van der Waals surface area contributed by atoms with Crippen LogP contribution in [0.3, 0.4) is 0 Å². The van der Waals surface area contributed by atoms with Gasteiger partial charge in [-0.05, 0) is 32.6 Å². The molecule has 0 saturated heterocycles. The molecule has 0 unspecified atom stereocenters. The van der Waals surface area contributed by atoms with Crippen molar-refractivity contribution in [3.05, 3.63) is 22.7 Å². The molecule has 0 aromatic carbocycles. The zero-order chi connectivity index (χ0) is 10.2. The highest BCUT2D eigenvalue weighted by molar-refractivity contribution is 6.31. The van der Waals surface area contributed by atoms with Crippen molar-refractivity contribution in [2.75, 3.05) is 0 Å². The Morgan fingerprint density at radius 2 is 2.29 bits per heavy atom. The van der Waals surface area contributed by atoms with Gasteiger partial charge in [-0.2, -0.15) is 0 Å². The first-order valence-corrected chi connectivity index (χ1v) is 5.24. The Morgan fingerprint density at radius 3 is 2.93 bits per heavy atom. The second-order valence-corrected chi connectivity index (χ2v) is 4.48. The average Bonchev–Trinajstić information content (AvgIpc) is 2.87. The van der Waals surface area contributed by atoms with Crippen LogP contribution in [0.4, 0.5) is 0 Å². The average molecular weight is 212 g/mol. The molecule has 1 saturated carbocycles. The van der Waals surface area contributed by atoms with E-state index < -0.39 is 0 Å². The van der Waals surface area contributed by atoms with E-state index in [4.69, 9.17) is 17.3 Å². The summed E-state index contributed by atoms with van der Waals surface area (Å²) in [4.78, 5) is 8.33. The van der Waals surface area contributed by atoms with Gasteiger partial charge < -0.3 is 5.73 Å². The third-order valence-corrected chi connectivity index (χ3v) is 3.00. The first-order chi connectivity index (χ1) is 6.59. The molecule has 0 bridgehead atoms. The number of nitrogens with two attached hydrogens (primary N) is 1. The van der Waals surface area contributed by atoms with Gasteiger partial charge in [0.25, 0.3) is 0 Å². The largest absolute Gasteiger partial charge is 0.325 e. The van der Waals surface area contributed by atoms with Gasteiger partial charge in [0.1, 0.15) is 5.82 Å². The fraction of sp³-hybridized carbons (Fsp3) is 0.600. The van der Waals surface area contributed by atoms with E-state index in [1.54, 1.807) is 6.20 Å². The van der Waals surface area contributed by atoms with Crippen LogP contribution in [0, 0.1) is 6.92 Å². The molecule has 76 valence electrons. The molecule has 1 aliphatic carbocycles. The summed E-state index contributed by atoms with van der Waals surface area (Å²) in [6.07, 6.45) is 5.76. The highest BCUT2D eigenvalue weighted by Crippen LogP contribution is 2.36. The maximum atomic E-state index is 6.00. The van der Waals surface area contributed by atoms with Crippen molar-refractivity contribution < 1.29 is 0 Å². The standard InChI is InChI=1S/C10H14ClN3/c1-7-13-6-8(11)9(14-7)2-3-10(12)4-5-10/h6H,2-5,12H2,1H3. The third-order valence-electron chi connectivity index (χ3n) is 2.69. The van der Waals surface area contributed by atoms with Crippen molar-refractivity contribution in [2.24, 2.45) is 5.73 Å². The molecule has 1 heterocycles. The molecule has 1 aromatic heterocycles. The van der Waals surface area contributed by atoms with Crippen LogP contribution in [0.25, 0.3) is 0 Å². The fourth-order valence-corrected chi connectivity index (χ4v) is 1.64. The SMILES string of the molecule is Cc1ncc(Cl)c(CCC2(N)CC2)n1. The van der Waals surface area contributed by atoms with Crippen LogP contribution in [-0.4, -0.2) is 15.5 Å². The summed E-state index contributed by atoms with van der Waals surface area (Å²) in [5, 5.41) is 0.653. The third kappa shape index (κ3) is 2.22. The number of hydrogen-bond acceptors (Lipinski definition) is 3. The van der Waals surface area contributed by atoms with Crippen LogP contribution >= 0.6 is 11.6 Å². The smallest absolute Gasteiger partial charge is 0.125 e.